The minimum absolute atomic E-state index is 0.345. The summed E-state index contributed by atoms with van der Waals surface area (Å²) in [7, 11) is 0. The maximum atomic E-state index is 11.4. The summed E-state index contributed by atoms with van der Waals surface area (Å²) in [5, 5.41) is 0. The summed E-state index contributed by atoms with van der Waals surface area (Å²) in [5.74, 6) is 1.50. The van der Waals surface area contributed by atoms with Gasteiger partial charge < -0.3 is 10.6 Å². The molecule has 0 spiro atoms. The lowest BCUT2D eigenvalue weighted by atomic mass is 9.70. The van der Waals surface area contributed by atoms with E-state index in [9.17, 15) is 4.79 Å². The van der Waals surface area contributed by atoms with Gasteiger partial charge in [0, 0.05) is 25.6 Å². The first-order valence-corrected chi connectivity index (χ1v) is 4.30. The van der Waals surface area contributed by atoms with Crippen molar-refractivity contribution in [2.24, 2.45) is 17.6 Å². The molecule has 3 rings (SSSR count). The van der Waals surface area contributed by atoms with Crippen LogP contribution in [0.4, 0.5) is 0 Å². The highest BCUT2D eigenvalue weighted by atomic mass is 16.2. The van der Waals surface area contributed by atoms with E-state index in [-0.39, 0.29) is 0 Å². The third kappa shape index (κ3) is 1.03. The molecule has 62 valence electrons. The average Bonchev–Trinajstić information content (AvgIpc) is 1.90. The second-order valence-corrected chi connectivity index (χ2v) is 3.61. The average molecular weight is 154 g/mol. The number of hydrogen-bond donors (Lipinski definition) is 1. The molecule has 1 aliphatic carbocycles. The van der Waals surface area contributed by atoms with E-state index in [4.69, 9.17) is 5.73 Å². The van der Waals surface area contributed by atoms with E-state index in [2.05, 4.69) is 0 Å². The minimum atomic E-state index is 0.345. The van der Waals surface area contributed by atoms with Crippen molar-refractivity contribution >= 4 is 5.91 Å². The van der Waals surface area contributed by atoms with Crippen LogP contribution in [0.1, 0.15) is 12.8 Å². The van der Waals surface area contributed by atoms with Gasteiger partial charge in [-0.15, -0.1) is 0 Å². The van der Waals surface area contributed by atoms with Crippen molar-refractivity contribution in [1.82, 2.24) is 4.90 Å². The lowest BCUT2D eigenvalue weighted by Gasteiger charge is -2.46. The van der Waals surface area contributed by atoms with Gasteiger partial charge in [0.25, 0.3) is 0 Å². The van der Waals surface area contributed by atoms with Crippen molar-refractivity contribution in [3.8, 4) is 0 Å². The molecule has 3 nitrogen and oxygen atoms in total. The maximum Gasteiger partial charge on any atom is 0.225 e. The van der Waals surface area contributed by atoms with Crippen LogP contribution >= 0.6 is 0 Å². The van der Waals surface area contributed by atoms with Crippen molar-refractivity contribution in [3.63, 3.8) is 0 Å². The van der Waals surface area contributed by atoms with Crippen LogP contribution in [-0.2, 0) is 4.79 Å². The quantitative estimate of drug-likeness (QED) is 0.599. The largest absolute Gasteiger partial charge is 0.341 e. The molecule has 2 bridgehead atoms. The molecule has 2 saturated heterocycles. The number of carbonyl (C=O) groups excluding carboxylic acids is 1. The first-order chi connectivity index (χ1) is 5.31. The Morgan fingerprint density at radius 2 is 2.27 bits per heavy atom. The summed E-state index contributed by atoms with van der Waals surface area (Å²) in [4.78, 5) is 13.3. The van der Waals surface area contributed by atoms with Gasteiger partial charge in [0.2, 0.25) is 5.91 Å². The first-order valence-electron chi connectivity index (χ1n) is 4.30. The molecule has 0 radical (unpaired) electrons. The maximum absolute atomic E-state index is 11.4. The summed E-state index contributed by atoms with van der Waals surface area (Å²) >= 11 is 0. The van der Waals surface area contributed by atoms with E-state index < -0.39 is 0 Å². The van der Waals surface area contributed by atoms with Crippen LogP contribution in [0.5, 0.6) is 0 Å². The topological polar surface area (TPSA) is 46.3 Å². The number of carbonyl (C=O) groups is 1. The SMILES string of the molecule is NCCN1CC2CC(C2)C1=O. The van der Waals surface area contributed by atoms with Crippen LogP contribution < -0.4 is 5.73 Å². The highest BCUT2D eigenvalue weighted by Crippen LogP contribution is 2.39. The molecule has 0 unspecified atom stereocenters. The van der Waals surface area contributed by atoms with E-state index in [1.807, 2.05) is 4.90 Å². The standard InChI is InChI=1S/C8H14N2O/c9-1-2-10-5-6-3-7(4-6)8(10)11/h6-7H,1-5,9H2. The Balaban J connectivity index is 1.96. The van der Waals surface area contributed by atoms with Gasteiger partial charge in [0.1, 0.15) is 0 Å². The molecule has 0 aromatic rings. The molecule has 1 saturated carbocycles. The van der Waals surface area contributed by atoms with Gasteiger partial charge >= 0.3 is 0 Å². The summed E-state index contributed by atoms with van der Waals surface area (Å²) in [5.41, 5.74) is 5.39. The van der Waals surface area contributed by atoms with Gasteiger partial charge in [-0.2, -0.15) is 0 Å². The van der Waals surface area contributed by atoms with Crippen molar-refractivity contribution in [1.29, 1.82) is 0 Å². The van der Waals surface area contributed by atoms with Crippen molar-refractivity contribution in [2.45, 2.75) is 12.8 Å². The number of rotatable bonds is 2. The van der Waals surface area contributed by atoms with Crippen LogP contribution in [0.15, 0.2) is 0 Å². The Bertz CT molecular complexity index is 175. The summed E-state index contributed by atoms with van der Waals surface area (Å²) in [6.45, 7) is 2.32. The second kappa shape index (κ2) is 2.48. The fourth-order valence-electron chi connectivity index (χ4n) is 2.10. The van der Waals surface area contributed by atoms with Crippen LogP contribution in [-0.4, -0.2) is 30.4 Å². The molecule has 2 N–H and O–H groups in total. The summed E-state index contributed by atoms with van der Waals surface area (Å²) < 4.78 is 0. The van der Waals surface area contributed by atoms with E-state index >= 15 is 0 Å². The molecule has 3 aliphatic rings. The lowest BCUT2D eigenvalue weighted by molar-refractivity contribution is -0.148. The molecule has 2 heterocycles. The zero-order chi connectivity index (χ0) is 7.84. The van der Waals surface area contributed by atoms with Crippen LogP contribution in [0, 0.1) is 11.8 Å². The van der Waals surface area contributed by atoms with Gasteiger partial charge in [0.15, 0.2) is 0 Å². The Morgan fingerprint density at radius 3 is 2.82 bits per heavy atom. The third-order valence-corrected chi connectivity index (χ3v) is 2.77. The molecule has 0 atom stereocenters. The number of fused-ring (bicyclic) bond motifs is 2. The second-order valence-electron chi connectivity index (χ2n) is 3.61. The number of nitrogens with zero attached hydrogens (tertiary/aromatic N) is 1. The molecule has 3 fully saturated rings. The predicted molar refractivity (Wildman–Crippen MR) is 41.8 cm³/mol. The summed E-state index contributed by atoms with van der Waals surface area (Å²) in [6.07, 6.45) is 2.28. The fraction of sp³-hybridized carbons (Fsp3) is 0.875. The molecule has 3 heteroatoms. The first kappa shape index (κ1) is 7.10. The molecule has 1 amide bonds. The highest BCUT2D eigenvalue weighted by Gasteiger charge is 2.42. The molecule has 11 heavy (non-hydrogen) atoms. The zero-order valence-corrected chi connectivity index (χ0v) is 6.62. The summed E-state index contributed by atoms with van der Waals surface area (Å²) in [6, 6.07) is 0. The van der Waals surface area contributed by atoms with Crippen molar-refractivity contribution in [3.05, 3.63) is 0 Å². The molecule has 2 aliphatic heterocycles. The number of hydrogen-bond acceptors (Lipinski definition) is 2. The highest BCUT2D eigenvalue weighted by molar-refractivity contribution is 5.81. The number of nitrogens with two attached hydrogens (primary N) is 1. The fourth-order valence-corrected chi connectivity index (χ4v) is 2.10. The van der Waals surface area contributed by atoms with Gasteiger partial charge in [-0.3, -0.25) is 4.79 Å². The van der Waals surface area contributed by atoms with E-state index in [1.165, 1.54) is 0 Å². The molecular weight excluding hydrogens is 140 g/mol. The minimum Gasteiger partial charge on any atom is -0.341 e. The molecule has 0 aromatic carbocycles. The van der Waals surface area contributed by atoms with E-state index in [1.54, 1.807) is 0 Å². The van der Waals surface area contributed by atoms with Gasteiger partial charge in [0.05, 0.1) is 0 Å². The van der Waals surface area contributed by atoms with E-state index in [0.717, 1.165) is 31.8 Å². The van der Waals surface area contributed by atoms with Gasteiger partial charge in [-0.05, 0) is 18.8 Å². The zero-order valence-electron chi connectivity index (χ0n) is 6.62. The van der Waals surface area contributed by atoms with Crippen LogP contribution in [0.25, 0.3) is 0 Å². The smallest absolute Gasteiger partial charge is 0.225 e. The van der Waals surface area contributed by atoms with Gasteiger partial charge in [-0.25, -0.2) is 0 Å². The van der Waals surface area contributed by atoms with E-state index in [0.29, 0.717) is 18.4 Å². The number of amides is 1. The van der Waals surface area contributed by atoms with Crippen molar-refractivity contribution in [2.75, 3.05) is 19.6 Å². The Hall–Kier alpha value is -0.570. The van der Waals surface area contributed by atoms with Crippen LogP contribution in [0.2, 0.25) is 0 Å². The van der Waals surface area contributed by atoms with Crippen molar-refractivity contribution < 1.29 is 4.79 Å². The van der Waals surface area contributed by atoms with Crippen LogP contribution in [0.3, 0.4) is 0 Å². The normalized spacial score (nSPS) is 35.4. The number of piperidine rings is 2. The Labute approximate surface area is 66.5 Å². The third-order valence-electron chi connectivity index (χ3n) is 2.77. The van der Waals surface area contributed by atoms with Gasteiger partial charge in [-0.1, -0.05) is 0 Å². The lowest BCUT2D eigenvalue weighted by Crippen LogP contribution is -2.53. The molecule has 0 aromatic heterocycles. The monoisotopic (exact) mass is 154 g/mol. The molecular formula is C8H14N2O. The predicted octanol–water partition coefficient (Wildman–Crippen LogP) is -0.187. The Morgan fingerprint density at radius 1 is 1.55 bits per heavy atom. The Kier molecular flexibility index (Phi) is 1.60.